The third-order valence-corrected chi connectivity index (χ3v) is 5.53. The minimum Gasteiger partial charge on any atom is -0.346 e. The molecular weight excluding hydrogens is 300 g/mol. The molecule has 1 saturated carbocycles. The van der Waals surface area contributed by atoms with Crippen LogP contribution in [0.25, 0.3) is 0 Å². The number of carbonyl (C=O) groups excluding carboxylic acids is 1. The predicted octanol–water partition coefficient (Wildman–Crippen LogP) is 2.25. The Bertz CT molecular complexity index is 518. The van der Waals surface area contributed by atoms with Crippen molar-refractivity contribution in [3.63, 3.8) is 0 Å². The van der Waals surface area contributed by atoms with Crippen molar-refractivity contribution < 1.29 is 4.79 Å². The normalized spacial score (nSPS) is 33.5. The first-order valence-electron chi connectivity index (χ1n) is 8.40. The van der Waals surface area contributed by atoms with Gasteiger partial charge in [0.2, 0.25) is 5.91 Å². The Labute approximate surface area is 137 Å². The van der Waals surface area contributed by atoms with Gasteiger partial charge in [-0.05, 0) is 50.0 Å². The Morgan fingerprint density at radius 2 is 2.09 bits per heavy atom. The molecule has 1 aromatic heterocycles. The van der Waals surface area contributed by atoms with Crippen molar-refractivity contribution in [2.24, 2.45) is 5.92 Å². The molecule has 3 aliphatic rings. The van der Waals surface area contributed by atoms with E-state index >= 15 is 0 Å². The minimum absolute atomic E-state index is 0. The summed E-state index contributed by atoms with van der Waals surface area (Å²) < 4.78 is 0. The van der Waals surface area contributed by atoms with Crippen LogP contribution in [0.3, 0.4) is 0 Å². The maximum atomic E-state index is 12.6. The van der Waals surface area contributed by atoms with E-state index in [1.54, 1.807) is 0 Å². The zero-order chi connectivity index (χ0) is 14.2. The van der Waals surface area contributed by atoms with E-state index in [0.717, 1.165) is 31.4 Å². The van der Waals surface area contributed by atoms with Gasteiger partial charge >= 0.3 is 0 Å². The molecule has 5 nitrogen and oxygen atoms in total. The summed E-state index contributed by atoms with van der Waals surface area (Å²) in [6.07, 6.45) is 11.3. The summed E-state index contributed by atoms with van der Waals surface area (Å²) in [5, 5.41) is 14.0. The van der Waals surface area contributed by atoms with Gasteiger partial charge in [0.05, 0.1) is 24.0 Å². The number of hydrogen-bond acceptors (Lipinski definition) is 3. The summed E-state index contributed by atoms with van der Waals surface area (Å²) in [6.45, 7) is 0. The number of amides is 1. The number of carbonyl (C=O) groups is 1. The monoisotopic (exact) mass is 324 g/mol. The fourth-order valence-electron chi connectivity index (χ4n) is 4.40. The standard InChI is InChI=1S/C16H24N4O.ClH/c21-16(14-8-10-4-1-2-6-12(10)18-14)19-13-7-3-5-11-9-17-20-15(11)13;/h9-10,12-14,18H,1-8H2,(H,17,20)(H,19,21);1H. The van der Waals surface area contributed by atoms with E-state index in [4.69, 9.17) is 0 Å². The maximum absolute atomic E-state index is 12.6. The minimum atomic E-state index is 0. The van der Waals surface area contributed by atoms with E-state index in [0.29, 0.717) is 12.0 Å². The van der Waals surface area contributed by atoms with Crippen molar-refractivity contribution in [1.29, 1.82) is 0 Å². The molecule has 4 unspecified atom stereocenters. The van der Waals surface area contributed by atoms with E-state index < -0.39 is 0 Å². The zero-order valence-corrected chi connectivity index (χ0v) is 13.6. The first-order chi connectivity index (χ1) is 10.3. The molecule has 2 aliphatic carbocycles. The summed E-state index contributed by atoms with van der Waals surface area (Å²) in [5.74, 6) is 0.889. The Kier molecular flexibility index (Phi) is 4.73. The van der Waals surface area contributed by atoms with Crippen LogP contribution in [0.2, 0.25) is 0 Å². The van der Waals surface area contributed by atoms with Gasteiger partial charge in [0.15, 0.2) is 0 Å². The second kappa shape index (κ2) is 6.59. The molecule has 4 atom stereocenters. The first kappa shape index (κ1) is 15.8. The second-order valence-corrected chi connectivity index (χ2v) is 6.87. The van der Waals surface area contributed by atoms with Crippen molar-refractivity contribution in [2.75, 3.05) is 0 Å². The molecule has 0 radical (unpaired) electrons. The molecule has 0 aromatic carbocycles. The summed E-state index contributed by atoms with van der Waals surface area (Å²) in [5.41, 5.74) is 2.38. The van der Waals surface area contributed by atoms with Crippen LogP contribution in [0.5, 0.6) is 0 Å². The molecule has 6 heteroatoms. The van der Waals surface area contributed by atoms with E-state index in [1.165, 1.54) is 31.2 Å². The zero-order valence-electron chi connectivity index (χ0n) is 12.8. The second-order valence-electron chi connectivity index (χ2n) is 6.87. The number of rotatable bonds is 2. The SMILES string of the molecule is Cl.O=C(NC1CCCc2cn[nH]c21)C1CC2CCCCC2N1. The highest BCUT2D eigenvalue weighted by molar-refractivity contribution is 5.85. The summed E-state index contributed by atoms with van der Waals surface area (Å²) in [7, 11) is 0. The first-order valence-corrected chi connectivity index (χ1v) is 8.40. The number of aromatic amines is 1. The van der Waals surface area contributed by atoms with Crippen molar-refractivity contribution in [3.8, 4) is 0 Å². The number of nitrogens with zero attached hydrogens (tertiary/aromatic N) is 1. The third kappa shape index (κ3) is 2.88. The van der Waals surface area contributed by atoms with Gasteiger partial charge in [0.25, 0.3) is 0 Å². The predicted molar refractivity (Wildman–Crippen MR) is 86.9 cm³/mol. The molecule has 1 amide bonds. The molecule has 22 heavy (non-hydrogen) atoms. The third-order valence-electron chi connectivity index (χ3n) is 5.53. The lowest BCUT2D eigenvalue weighted by Crippen LogP contribution is -2.44. The van der Waals surface area contributed by atoms with Crippen LogP contribution in [0.4, 0.5) is 0 Å². The van der Waals surface area contributed by atoms with Gasteiger partial charge < -0.3 is 10.6 Å². The molecule has 1 aromatic rings. The average molecular weight is 325 g/mol. The number of aryl methyl sites for hydroxylation is 1. The summed E-state index contributed by atoms with van der Waals surface area (Å²) in [4.78, 5) is 12.6. The molecule has 1 saturated heterocycles. The van der Waals surface area contributed by atoms with Gasteiger partial charge in [-0.15, -0.1) is 12.4 Å². The molecule has 3 N–H and O–H groups in total. The van der Waals surface area contributed by atoms with E-state index in [9.17, 15) is 4.79 Å². The Morgan fingerprint density at radius 3 is 2.95 bits per heavy atom. The fourth-order valence-corrected chi connectivity index (χ4v) is 4.40. The highest BCUT2D eigenvalue weighted by Gasteiger charge is 2.39. The van der Waals surface area contributed by atoms with Gasteiger partial charge in [-0.1, -0.05) is 12.8 Å². The molecule has 0 spiro atoms. The Balaban J connectivity index is 0.00000144. The van der Waals surface area contributed by atoms with Gasteiger partial charge in [-0.2, -0.15) is 5.10 Å². The number of H-pyrrole nitrogens is 1. The van der Waals surface area contributed by atoms with Crippen molar-refractivity contribution in [3.05, 3.63) is 17.5 Å². The molecular formula is C16H25ClN4O. The topological polar surface area (TPSA) is 69.8 Å². The number of halogens is 1. The lowest BCUT2D eigenvalue weighted by molar-refractivity contribution is -0.123. The van der Waals surface area contributed by atoms with Crippen molar-refractivity contribution in [1.82, 2.24) is 20.8 Å². The van der Waals surface area contributed by atoms with E-state index in [2.05, 4.69) is 20.8 Å². The van der Waals surface area contributed by atoms with Crippen molar-refractivity contribution >= 4 is 18.3 Å². The van der Waals surface area contributed by atoms with Gasteiger partial charge in [0.1, 0.15) is 0 Å². The maximum Gasteiger partial charge on any atom is 0.237 e. The van der Waals surface area contributed by atoms with Crippen molar-refractivity contribution in [2.45, 2.75) is 69.5 Å². The Morgan fingerprint density at radius 1 is 1.23 bits per heavy atom. The van der Waals surface area contributed by atoms with E-state index in [1.807, 2.05) is 6.20 Å². The lowest BCUT2D eigenvalue weighted by atomic mass is 9.85. The van der Waals surface area contributed by atoms with Gasteiger partial charge in [-0.25, -0.2) is 0 Å². The van der Waals surface area contributed by atoms with Crippen LogP contribution in [0.15, 0.2) is 6.20 Å². The molecule has 4 rings (SSSR count). The number of aromatic nitrogens is 2. The van der Waals surface area contributed by atoms with Crippen LogP contribution in [-0.4, -0.2) is 28.2 Å². The summed E-state index contributed by atoms with van der Waals surface area (Å²) in [6, 6.07) is 0.697. The molecule has 2 fully saturated rings. The van der Waals surface area contributed by atoms with Crippen LogP contribution >= 0.6 is 12.4 Å². The van der Waals surface area contributed by atoms with Gasteiger partial charge in [-0.3, -0.25) is 9.89 Å². The number of fused-ring (bicyclic) bond motifs is 2. The largest absolute Gasteiger partial charge is 0.346 e. The fraction of sp³-hybridized carbons (Fsp3) is 0.750. The Hall–Kier alpha value is -1.07. The number of hydrogen-bond donors (Lipinski definition) is 3. The molecule has 0 bridgehead atoms. The number of nitrogens with one attached hydrogen (secondary N) is 3. The van der Waals surface area contributed by atoms with Crippen LogP contribution in [-0.2, 0) is 11.2 Å². The highest BCUT2D eigenvalue weighted by atomic mass is 35.5. The lowest BCUT2D eigenvalue weighted by Gasteiger charge is -2.25. The van der Waals surface area contributed by atoms with Crippen LogP contribution in [0, 0.1) is 5.92 Å². The molecule has 1 aliphatic heterocycles. The van der Waals surface area contributed by atoms with Crippen LogP contribution in [0.1, 0.15) is 62.2 Å². The molecule has 122 valence electrons. The molecule has 2 heterocycles. The van der Waals surface area contributed by atoms with E-state index in [-0.39, 0.29) is 30.4 Å². The van der Waals surface area contributed by atoms with Crippen LogP contribution < -0.4 is 10.6 Å². The quantitative estimate of drug-likeness (QED) is 0.781. The average Bonchev–Trinajstić information content (AvgIpc) is 3.14. The highest BCUT2D eigenvalue weighted by Crippen LogP contribution is 2.34. The smallest absolute Gasteiger partial charge is 0.237 e. The summed E-state index contributed by atoms with van der Waals surface area (Å²) >= 11 is 0. The van der Waals surface area contributed by atoms with Gasteiger partial charge in [0, 0.05) is 6.04 Å².